The summed E-state index contributed by atoms with van der Waals surface area (Å²) in [6.07, 6.45) is 10.5. The fourth-order valence-electron chi connectivity index (χ4n) is 3.22. The van der Waals surface area contributed by atoms with Crippen molar-refractivity contribution in [1.29, 1.82) is 0 Å². The molecule has 0 radical (unpaired) electrons. The van der Waals surface area contributed by atoms with Gasteiger partial charge in [-0.25, -0.2) is 4.99 Å². The largest absolute Gasteiger partial charge is 0.329 e. The average molecular weight is 421 g/mol. The summed E-state index contributed by atoms with van der Waals surface area (Å²) in [5.74, 6) is 0.855. The Balaban J connectivity index is 0.000000547. The molecule has 31 heavy (non-hydrogen) atoms. The molecule has 0 fully saturated rings. The van der Waals surface area contributed by atoms with E-state index in [1.165, 1.54) is 42.4 Å². The number of aryl methyl sites for hydroxylation is 3. The Labute approximate surface area is 192 Å². The molecule has 0 spiro atoms. The van der Waals surface area contributed by atoms with Crippen LogP contribution >= 0.6 is 0 Å². The third-order valence-corrected chi connectivity index (χ3v) is 4.82. The fraction of sp³-hybridized carbons (Fsp3) is 0.414. The van der Waals surface area contributed by atoms with Crippen molar-refractivity contribution in [2.45, 2.75) is 74.1 Å². The zero-order chi connectivity index (χ0) is 24.0. The quantitative estimate of drug-likeness (QED) is 0.432. The first-order valence-electron chi connectivity index (χ1n) is 11.5. The Bertz CT molecular complexity index is 834. The number of benzene rings is 1. The minimum atomic E-state index is 0.855. The number of likely N-dealkylation sites (N-methyl/N-ethyl adjacent to an activating group) is 1. The molecule has 2 heteroatoms. The van der Waals surface area contributed by atoms with Gasteiger partial charge in [0.2, 0.25) is 0 Å². The Morgan fingerprint density at radius 2 is 1.65 bits per heavy atom. The van der Waals surface area contributed by atoms with Gasteiger partial charge < -0.3 is 4.90 Å². The Hall–Kier alpha value is -2.61. The van der Waals surface area contributed by atoms with Crippen LogP contribution in [0.3, 0.4) is 0 Å². The standard InChI is InChI=1S/C14H18N2.C13H20.C2H6/c1-7-8-14-15-12(10(2)3)9-13(11(4)5)16(14)6;1-4-6-12-8-9-13(7-5-2)11(3)10-12;1-2/h7-9H,1-2,4H2,3,5-6H3;8-10H,4-7H2,1-3H3;1-2H3/b14-8-;;. The van der Waals surface area contributed by atoms with E-state index in [4.69, 9.17) is 0 Å². The highest BCUT2D eigenvalue weighted by molar-refractivity contribution is 6.09. The molecule has 1 heterocycles. The van der Waals surface area contributed by atoms with E-state index in [1.54, 1.807) is 6.08 Å². The molecule has 1 aromatic rings. The molecule has 0 unspecified atom stereocenters. The molecule has 2 nitrogen and oxygen atoms in total. The SMILES string of the molecule is C=C/C=C1/N=C(C(=C)C)C=C(C(=C)C)N1C.CC.CCCc1ccc(CCC)c(C)c1. The van der Waals surface area contributed by atoms with Crippen LogP contribution in [0.1, 0.15) is 71.1 Å². The number of hydrogen-bond acceptors (Lipinski definition) is 2. The van der Waals surface area contributed by atoms with Crippen LogP contribution in [0.4, 0.5) is 0 Å². The Morgan fingerprint density at radius 3 is 2.10 bits per heavy atom. The smallest absolute Gasteiger partial charge is 0.133 e. The van der Waals surface area contributed by atoms with Gasteiger partial charge in [0.15, 0.2) is 0 Å². The van der Waals surface area contributed by atoms with Gasteiger partial charge in [-0.2, -0.15) is 0 Å². The van der Waals surface area contributed by atoms with Crippen LogP contribution in [0.15, 0.2) is 83.8 Å². The van der Waals surface area contributed by atoms with E-state index in [0.29, 0.717) is 0 Å². The molecule has 0 saturated heterocycles. The highest BCUT2D eigenvalue weighted by Gasteiger charge is 2.16. The fourth-order valence-corrected chi connectivity index (χ4v) is 3.22. The molecule has 170 valence electrons. The normalized spacial score (nSPS) is 13.8. The van der Waals surface area contributed by atoms with Crippen molar-refractivity contribution in [3.8, 4) is 0 Å². The molecular formula is C29H44N2. The summed E-state index contributed by atoms with van der Waals surface area (Å²) in [5, 5.41) is 0. The van der Waals surface area contributed by atoms with Crippen molar-refractivity contribution in [2.24, 2.45) is 4.99 Å². The van der Waals surface area contributed by atoms with Gasteiger partial charge in [-0.1, -0.05) is 84.5 Å². The maximum absolute atomic E-state index is 4.50. The van der Waals surface area contributed by atoms with Crippen molar-refractivity contribution in [2.75, 3.05) is 7.05 Å². The van der Waals surface area contributed by atoms with Crippen molar-refractivity contribution in [1.82, 2.24) is 4.90 Å². The van der Waals surface area contributed by atoms with E-state index in [0.717, 1.165) is 28.4 Å². The molecule has 0 amide bonds. The second-order valence-electron chi connectivity index (χ2n) is 7.67. The first kappa shape index (κ1) is 28.4. The lowest BCUT2D eigenvalue weighted by molar-refractivity contribution is 0.518. The molecular weight excluding hydrogens is 376 g/mol. The lowest BCUT2D eigenvalue weighted by Crippen LogP contribution is -2.22. The van der Waals surface area contributed by atoms with Crippen molar-refractivity contribution in [3.63, 3.8) is 0 Å². The van der Waals surface area contributed by atoms with Crippen LogP contribution in [0.25, 0.3) is 0 Å². The third kappa shape index (κ3) is 9.38. The van der Waals surface area contributed by atoms with E-state index in [1.807, 2.05) is 51.8 Å². The van der Waals surface area contributed by atoms with Gasteiger partial charge in [-0.15, -0.1) is 0 Å². The predicted molar refractivity (Wildman–Crippen MR) is 142 cm³/mol. The van der Waals surface area contributed by atoms with Gasteiger partial charge in [0.1, 0.15) is 5.82 Å². The Kier molecular flexibility index (Phi) is 13.9. The van der Waals surface area contributed by atoms with E-state index >= 15 is 0 Å². The summed E-state index contributed by atoms with van der Waals surface area (Å²) in [6.45, 7) is 26.2. The van der Waals surface area contributed by atoms with Gasteiger partial charge in [0, 0.05) is 12.7 Å². The molecule has 1 aromatic carbocycles. The summed E-state index contributed by atoms with van der Waals surface area (Å²) in [6, 6.07) is 6.92. The highest BCUT2D eigenvalue weighted by Crippen LogP contribution is 2.24. The van der Waals surface area contributed by atoms with Crippen molar-refractivity contribution < 1.29 is 0 Å². The van der Waals surface area contributed by atoms with E-state index in [2.05, 4.69) is 63.7 Å². The minimum Gasteiger partial charge on any atom is -0.329 e. The van der Waals surface area contributed by atoms with Crippen LogP contribution in [-0.4, -0.2) is 17.7 Å². The summed E-state index contributed by atoms with van der Waals surface area (Å²) in [7, 11) is 1.97. The zero-order valence-electron chi connectivity index (χ0n) is 21.3. The molecule has 1 aliphatic heterocycles. The highest BCUT2D eigenvalue weighted by atomic mass is 15.2. The zero-order valence-corrected chi connectivity index (χ0v) is 21.3. The van der Waals surface area contributed by atoms with Gasteiger partial charge in [0.05, 0.1) is 5.71 Å². The second kappa shape index (κ2) is 15.2. The van der Waals surface area contributed by atoms with Gasteiger partial charge in [0.25, 0.3) is 0 Å². The Morgan fingerprint density at radius 1 is 1.03 bits per heavy atom. The number of allylic oxidation sites excluding steroid dienone is 5. The summed E-state index contributed by atoms with van der Waals surface area (Å²) in [4.78, 5) is 6.50. The number of nitrogens with zero attached hydrogens (tertiary/aromatic N) is 2. The first-order valence-corrected chi connectivity index (χ1v) is 11.5. The molecule has 0 N–H and O–H groups in total. The van der Waals surface area contributed by atoms with Gasteiger partial charge >= 0.3 is 0 Å². The van der Waals surface area contributed by atoms with Gasteiger partial charge in [-0.3, -0.25) is 0 Å². The molecule has 2 rings (SSSR count). The molecule has 0 aliphatic carbocycles. The molecule has 0 aromatic heterocycles. The van der Waals surface area contributed by atoms with Crippen LogP contribution in [0.2, 0.25) is 0 Å². The molecule has 0 saturated carbocycles. The second-order valence-corrected chi connectivity index (χ2v) is 7.67. The summed E-state index contributed by atoms with van der Waals surface area (Å²) >= 11 is 0. The van der Waals surface area contributed by atoms with Crippen molar-refractivity contribution >= 4 is 5.71 Å². The first-order chi connectivity index (χ1) is 14.7. The van der Waals surface area contributed by atoms with E-state index < -0.39 is 0 Å². The topological polar surface area (TPSA) is 15.6 Å². The predicted octanol–water partition coefficient (Wildman–Crippen LogP) is 8.36. The van der Waals surface area contributed by atoms with Gasteiger partial charge in [-0.05, 0) is 73.6 Å². The van der Waals surface area contributed by atoms with Crippen LogP contribution in [0.5, 0.6) is 0 Å². The maximum atomic E-state index is 4.50. The van der Waals surface area contributed by atoms with Crippen LogP contribution in [0, 0.1) is 6.92 Å². The monoisotopic (exact) mass is 420 g/mol. The molecule has 0 atom stereocenters. The van der Waals surface area contributed by atoms with Crippen molar-refractivity contribution in [3.05, 3.63) is 95.5 Å². The third-order valence-electron chi connectivity index (χ3n) is 4.82. The maximum Gasteiger partial charge on any atom is 0.133 e. The van der Waals surface area contributed by atoms with Crippen LogP contribution in [-0.2, 0) is 12.8 Å². The minimum absolute atomic E-state index is 0.855. The summed E-state index contributed by atoms with van der Waals surface area (Å²) in [5.41, 5.74) is 8.37. The van der Waals surface area contributed by atoms with Crippen LogP contribution < -0.4 is 0 Å². The number of hydrogen-bond donors (Lipinski definition) is 0. The van der Waals surface area contributed by atoms with E-state index in [9.17, 15) is 0 Å². The lowest BCUT2D eigenvalue weighted by Gasteiger charge is -2.27. The number of aliphatic imine (C=N–C) groups is 1. The average Bonchev–Trinajstić information content (AvgIpc) is 2.73. The van der Waals surface area contributed by atoms with E-state index in [-0.39, 0.29) is 0 Å². The number of rotatable bonds is 7. The molecule has 1 aliphatic rings. The summed E-state index contributed by atoms with van der Waals surface area (Å²) < 4.78 is 0. The molecule has 0 bridgehead atoms. The lowest BCUT2D eigenvalue weighted by atomic mass is 10.00.